The summed E-state index contributed by atoms with van der Waals surface area (Å²) in [5.41, 5.74) is 1.95. The maximum atomic E-state index is 12.7. The van der Waals surface area contributed by atoms with Crippen LogP contribution in [0, 0.1) is 6.92 Å². The molecule has 1 aliphatic heterocycles. The highest BCUT2D eigenvalue weighted by Gasteiger charge is 2.28. The zero-order chi connectivity index (χ0) is 19.7. The van der Waals surface area contributed by atoms with E-state index in [0.29, 0.717) is 40.9 Å². The van der Waals surface area contributed by atoms with Gasteiger partial charge in [0.25, 0.3) is 11.8 Å². The Kier molecular flexibility index (Phi) is 4.99. The number of aromatic nitrogens is 4. The normalized spacial score (nSPS) is 15.0. The molecule has 1 fully saturated rings. The van der Waals surface area contributed by atoms with Crippen LogP contribution in [0.4, 0.5) is 0 Å². The maximum absolute atomic E-state index is 12.7. The second-order valence-corrected chi connectivity index (χ2v) is 7.73. The molecule has 3 aromatic heterocycles. The quantitative estimate of drug-likeness (QED) is 0.623. The molecule has 0 aliphatic carbocycles. The van der Waals surface area contributed by atoms with Gasteiger partial charge in [-0.25, -0.2) is 4.98 Å². The van der Waals surface area contributed by atoms with Crippen LogP contribution in [0.25, 0.3) is 11.6 Å². The Hall–Kier alpha value is -2.94. The number of likely N-dealkylation sites (tertiary alicyclic amines) is 1. The summed E-state index contributed by atoms with van der Waals surface area (Å²) in [6.45, 7) is 4.60. The number of carbonyl (C=O) groups is 2. The van der Waals surface area contributed by atoms with E-state index in [-0.39, 0.29) is 17.6 Å². The van der Waals surface area contributed by atoms with Crippen LogP contribution in [0.2, 0.25) is 0 Å². The van der Waals surface area contributed by atoms with Gasteiger partial charge in [-0.15, -0.1) is 11.3 Å². The Morgan fingerprint density at radius 2 is 2.00 bits per heavy atom. The van der Waals surface area contributed by atoms with Crippen LogP contribution in [-0.2, 0) is 0 Å². The molecule has 1 saturated heterocycles. The first-order valence-electron chi connectivity index (χ1n) is 9.02. The lowest BCUT2D eigenvalue weighted by Gasteiger charge is -2.30. The van der Waals surface area contributed by atoms with E-state index in [4.69, 9.17) is 4.52 Å². The molecule has 0 saturated carbocycles. The topological polar surface area (TPSA) is 102 Å². The van der Waals surface area contributed by atoms with E-state index in [2.05, 4.69) is 20.1 Å². The Labute approximate surface area is 165 Å². The molecular weight excluding hydrogens is 378 g/mol. The first-order chi connectivity index (χ1) is 13.5. The Balaban J connectivity index is 1.39. The average molecular weight is 397 g/mol. The van der Waals surface area contributed by atoms with Gasteiger partial charge in [-0.2, -0.15) is 4.98 Å². The highest BCUT2D eigenvalue weighted by atomic mass is 32.1. The van der Waals surface area contributed by atoms with Gasteiger partial charge in [0.1, 0.15) is 5.69 Å². The molecule has 28 heavy (non-hydrogen) atoms. The molecule has 0 aromatic carbocycles. The standard InChI is InChI=1S/C19H19N5O3S/c1-11-8-21-15(9-20-11)18-22-17(23-27-18)13-3-5-24(6-4-13)19(26)14-7-16(12(2)25)28-10-14/h7-10,13H,3-6H2,1-2H3. The van der Waals surface area contributed by atoms with E-state index in [9.17, 15) is 9.59 Å². The number of carbonyl (C=O) groups excluding carboxylic acids is 2. The summed E-state index contributed by atoms with van der Waals surface area (Å²) in [7, 11) is 0. The van der Waals surface area contributed by atoms with Gasteiger partial charge in [-0.3, -0.25) is 14.6 Å². The van der Waals surface area contributed by atoms with Gasteiger partial charge in [0.2, 0.25) is 0 Å². The number of thiophene rings is 1. The smallest absolute Gasteiger partial charge is 0.278 e. The first-order valence-corrected chi connectivity index (χ1v) is 9.90. The molecule has 4 heterocycles. The average Bonchev–Trinajstić information content (AvgIpc) is 3.38. The van der Waals surface area contributed by atoms with Crippen molar-refractivity contribution in [2.24, 2.45) is 0 Å². The van der Waals surface area contributed by atoms with Crippen molar-refractivity contribution >= 4 is 23.0 Å². The number of ketones is 1. The number of Topliss-reactive ketones (excluding diaryl/α,β-unsaturated/α-hetero) is 1. The van der Waals surface area contributed by atoms with Gasteiger partial charge in [0.15, 0.2) is 11.6 Å². The lowest BCUT2D eigenvalue weighted by atomic mass is 9.96. The molecule has 0 N–H and O–H groups in total. The van der Waals surface area contributed by atoms with Crippen LogP contribution in [0.15, 0.2) is 28.4 Å². The number of hydrogen-bond donors (Lipinski definition) is 0. The van der Waals surface area contributed by atoms with Crippen molar-refractivity contribution in [2.75, 3.05) is 13.1 Å². The highest BCUT2D eigenvalue weighted by Crippen LogP contribution is 2.28. The summed E-state index contributed by atoms with van der Waals surface area (Å²) in [6, 6.07) is 1.68. The minimum Gasteiger partial charge on any atom is -0.339 e. The van der Waals surface area contributed by atoms with Crippen LogP contribution in [0.5, 0.6) is 0 Å². The molecule has 144 valence electrons. The number of nitrogens with zero attached hydrogens (tertiary/aromatic N) is 5. The van der Waals surface area contributed by atoms with E-state index in [1.165, 1.54) is 18.3 Å². The lowest BCUT2D eigenvalue weighted by Crippen LogP contribution is -2.37. The van der Waals surface area contributed by atoms with Crippen LogP contribution in [0.3, 0.4) is 0 Å². The monoisotopic (exact) mass is 397 g/mol. The van der Waals surface area contributed by atoms with Crippen LogP contribution < -0.4 is 0 Å². The molecule has 0 atom stereocenters. The third kappa shape index (κ3) is 3.70. The summed E-state index contributed by atoms with van der Waals surface area (Å²) >= 11 is 1.31. The Morgan fingerprint density at radius 1 is 1.21 bits per heavy atom. The molecule has 8 nitrogen and oxygen atoms in total. The fourth-order valence-electron chi connectivity index (χ4n) is 3.16. The van der Waals surface area contributed by atoms with Gasteiger partial charge >= 0.3 is 0 Å². The number of rotatable bonds is 4. The number of amides is 1. The second-order valence-electron chi connectivity index (χ2n) is 6.82. The van der Waals surface area contributed by atoms with E-state index in [1.54, 1.807) is 23.8 Å². The van der Waals surface area contributed by atoms with Crippen LogP contribution >= 0.6 is 11.3 Å². The summed E-state index contributed by atoms with van der Waals surface area (Å²) in [5, 5.41) is 5.85. The van der Waals surface area contributed by atoms with Gasteiger partial charge in [-0.05, 0) is 32.8 Å². The molecule has 0 unspecified atom stereocenters. The first kappa shape index (κ1) is 18.4. The fraction of sp³-hybridized carbons (Fsp3) is 0.368. The van der Waals surface area contributed by atoms with Crippen molar-refractivity contribution in [3.05, 3.63) is 45.8 Å². The zero-order valence-electron chi connectivity index (χ0n) is 15.6. The van der Waals surface area contributed by atoms with Gasteiger partial charge in [0, 0.05) is 30.6 Å². The third-order valence-electron chi connectivity index (χ3n) is 4.78. The molecule has 1 amide bonds. The Bertz CT molecular complexity index is 1000. The van der Waals surface area contributed by atoms with E-state index < -0.39 is 0 Å². The molecule has 1 aliphatic rings. The molecule has 0 spiro atoms. The van der Waals surface area contributed by atoms with Gasteiger partial charge < -0.3 is 9.42 Å². The summed E-state index contributed by atoms with van der Waals surface area (Å²) in [5.74, 6) is 1.07. The predicted octanol–water partition coefficient (Wildman–Crippen LogP) is 3.12. The molecular formula is C19H19N5O3S. The van der Waals surface area contributed by atoms with Gasteiger partial charge in [-0.1, -0.05) is 5.16 Å². The number of hydrogen-bond acceptors (Lipinski definition) is 8. The van der Waals surface area contributed by atoms with Gasteiger partial charge in [0.05, 0.1) is 22.3 Å². The van der Waals surface area contributed by atoms with Crippen LogP contribution in [-0.4, -0.2) is 49.8 Å². The second kappa shape index (κ2) is 7.59. The molecule has 0 radical (unpaired) electrons. The van der Waals surface area contributed by atoms with E-state index >= 15 is 0 Å². The molecule has 3 aromatic rings. The highest BCUT2D eigenvalue weighted by molar-refractivity contribution is 7.12. The molecule has 4 rings (SSSR count). The minimum absolute atomic E-state index is 0.0195. The summed E-state index contributed by atoms with van der Waals surface area (Å²) in [6.07, 6.45) is 4.79. The largest absolute Gasteiger partial charge is 0.339 e. The summed E-state index contributed by atoms with van der Waals surface area (Å²) < 4.78 is 5.34. The zero-order valence-corrected chi connectivity index (χ0v) is 16.4. The van der Waals surface area contributed by atoms with Crippen molar-refractivity contribution < 1.29 is 14.1 Å². The fourth-order valence-corrected chi connectivity index (χ4v) is 3.95. The minimum atomic E-state index is -0.0362. The van der Waals surface area contributed by atoms with Crippen molar-refractivity contribution in [2.45, 2.75) is 32.6 Å². The molecule has 9 heteroatoms. The predicted molar refractivity (Wildman–Crippen MR) is 102 cm³/mol. The SMILES string of the molecule is CC(=O)c1cc(C(=O)N2CCC(c3noc(-c4cnc(C)cn4)n3)CC2)cs1. The van der Waals surface area contributed by atoms with Crippen LogP contribution in [0.1, 0.15) is 57.2 Å². The van der Waals surface area contributed by atoms with Crippen molar-refractivity contribution in [3.8, 4) is 11.6 Å². The van der Waals surface area contributed by atoms with Crippen molar-refractivity contribution in [1.29, 1.82) is 0 Å². The van der Waals surface area contributed by atoms with Crippen molar-refractivity contribution in [1.82, 2.24) is 25.0 Å². The number of aryl methyl sites for hydroxylation is 1. The maximum Gasteiger partial charge on any atom is 0.278 e. The number of piperidine rings is 1. The molecule has 0 bridgehead atoms. The Morgan fingerprint density at radius 3 is 2.64 bits per heavy atom. The van der Waals surface area contributed by atoms with E-state index in [1.807, 2.05) is 11.8 Å². The lowest BCUT2D eigenvalue weighted by molar-refractivity contribution is 0.0711. The van der Waals surface area contributed by atoms with E-state index in [0.717, 1.165) is 18.5 Å². The van der Waals surface area contributed by atoms with Crippen molar-refractivity contribution in [3.63, 3.8) is 0 Å². The summed E-state index contributed by atoms with van der Waals surface area (Å²) in [4.78, 5) is 39.4. The third-order valence-corrected chi connectivity index (χ3v) is 5.81.